The first-order chi connectivity index (χ1) is 6.27. The van der Waals surface area contributed by atoms with E-state index in [-0.39, 0.29) is 11.2 Å². The summed E-state index contributed by atoms with van der Waals surface area (Å²) in [5.74, 6) is 0. The van der Waals surface area contributed by atoms with Crippen molar-refractivity contribution in [3.63, 3.8) is 0 Å². The van der Waals surface area contributed by atoms with Crippen LogP contribution < -0.4 is 5.32 Å². The number of ether oxygens (including phenoxy) is 2. The molecule has 0 radical (unpaired) electrons. The summed E-state index contributed by atoms with van der Waals surface area (Å²) >= 11 is 0. The Balaban J connectivity index is 3.54. The molecule has 0 amide bonds. The Morgan fingerprint density at radius 2 is 1.43 bits per heavy atom. The molecule has 14 heavy (non-hydrogen) atoms. The number of rotatable bonds is 6. The summed E-state index contributed by atoms with van der Waals surface area (Å²) in [5.41, 5.74) is -0.188. The summed E-state index contributed by atoms with van der Waals surface area (Å²) in [6.07, 6.45) is 0. The lowest BCUT2D eigenvalue weighted by molar-refractivity contribution is -0.0768. The van der Waals surface area contributed by atoms with Crippen LogP contribution in [0.2, 0.25) is 0 Å². The van der Waals surface area contributed by atoms with Gasteiger partial charge >= 0.3 is 0 Å². The standard InChI is InChI=1S/C11H25NO2/c1-10(2,3)13-7-8-14-11(4,5)9-12-6/h12H,7-9H2,1-6H3. The first-order valence-corrected chi connectivity index (χ1v) is 5.19. The third kappa shape index (κ3) is 8.48. The van der Waals surface area contributed by atoms with Gasteiger partial charge in [0.25, 0.3) is 0 Å². The highest BCUT2D eigenvalue weighted by molar-refractivity contribution is 4.70. The van der Waals surface area contributed by atoms with E-state index in [0.29, 0.717) is 13.2 Å². The van der Waals surface area contributed by atoms with E-state index < -0.39 is 0 Å². The van der Waals surface area contributed by atoms with Crippen LogP contribution in [0.5, 0.6) is 0 Å². The number of nitrogens with one attached hydrogen (secondary N) is 1. The second-order valence-corrected chi connectivity index (χ2v) is 5.10. The largest absolute Gasteiger partial charge is 0.373 e. The number of hydrogen-bond donors (Lipinski definition) is 1. The Kier molecular flexibility index (Phi) is 5.64. The Hall–Kier alpha value is -0.120. The summed E-state index contributed by atoms with van der Waals surface area (Å²) in [7, 11) is 1.93. The molecule has 0 saturated heterocycles. The molecule has 0 atom stereocenters. The van der Waals surface area contributed by atoms with Crippen LogP contribution in [-0.4, -0.2) is 38.0 Å². The zero-order chi connectivity index (χ0) is 11.2. The number of likely N-dealkylation sites (N-methyl/N-ethyl adjacent to an activating group) is 1. The van der Waals surface area contributed by atoms with E-state index in [9.17, 15) is 0 Å². The van der Waals surface area contributed by atoms with E-state index >= 15 is 0 Å². The fraction of sp³-hybridized carbons (Fsp3) is 1.00. The maximum Gasteiger partial charge on any atom is 0.0751 e. The van der Waals surface area contributed by atoms with Crippen molar-refractivity contribution in [3.05, 3.63) is 0 Å². The normalized spacial score (nSPS) is 13.3. The lowest BCUT2D eigenvalue weighted by Gasteiger charge is -2.26. The van der Waals surface area contributed by atoms with Gasteiger partial charge in [-0.05, 0) is 41.7 Å². The Bertz CT molecular complexity index is 150. The van der Waals surface area contributed by atoms with Gasteiger partial charge in [0.05, 0.1) is 24.4 Å². The van der Waals surface area contributed by atoms with Crippen molar-refractivity contribution >= 4 is 0 Å². The van der Waals surface area contributed by atoms with E-state index in [4.69, 9.17) is 9.47 Å². The van der Waals surface area contributed by atoms with Crippen LogP contribution >= 0.6 is 0 Å². The minimum Gasteiger partial charge on any atom is -0.373 e. The molecule has 0 unspecified atom stereocenters. The molecule has 86 valence electrons. The van der Waals surface area contributed by atoms with Crippen LogP contribution in [0.1, 0.15) is 34.6 Å². The molecule has 0 bridgehead atoms. The van der Waals surface area contributed by atoms with Gasteiger partial charge in [-0.15, -0.1) is 0 Å². The van der Waals surface area contributed by atoms with Gasteiger partial charge in [0.2, 0.25) is 0 Å². The van der Waals surface area contributed by atoms with Gasteiger partial charge in [-0.3, -0.25) is 0 Å². The van der Waals surface area contributed by atoms with E-state index in [1.165, 1.54) is 0 Å². The van der Waals surface area contributed by atoms with Crippen molar-refractivity contribution in [1.82, 2.24) is 5.32 Å². The smallest absolute Gasteiger partial charge is 0.0751 e. The minimum absolute atomic E-state index is 0.0729. The van der Waals surface area contributed by atoms with Gasteiger partial charge in [0, 0.05) is 6.54 Å². The van der Waals surface area contributed by atoms with Crippen molar-refractivity contribution in [2.24, 2.45) is 0 Å². The molecule has 0 aromatic heterocycles. The fourth-order valence-electron chi connectivity index (χ4n) is 1.14. The summed E-state index contributed by atoms with van der Waals surface area (Å²) in [6, 6.07) is 0. The zero-order valence-electron chi connectivity index (χ0n) is 10.4. The molecule has 0 heterocycles. The molecule has 3 nitrogen and oxygen atoms in total. The van der Waals surface area contributed by atoms with Crippen molar-refractivity contribution in [1.29, 1.82) is 0 Å². The summed E-state index contributed by atoms with van der Waals surface area (Å²) < 4.78 is 11.2. The quantitative estimate of drug-likeness (QED) is 0.668. The van der Waals surface area contributed by atoms with E-state index in [0.717, 1.165) is 6.54 Å². The molecular weight excluding hydrogens is 178 g/mol. The summed E-state index contributed by atoms with van der Waals surface area (Å²) in [5, 5.41) is 3.10. The average Bonchev–Trinajstić information content (AvgIpc) is 1.96. The SMILES string of the molecule is CNCC(C)(C)OCCOC(C)(C)C. The average molecular weight is 203 g/mol. The molecule has 0 aromatic rings. The maximum absolute atomic E-state index is 5.68. The highest BCUT2D eigenvalue weighted by atomic mass is 16.5. The molecule has 0 fully saturated rings. The molecule has 0 aliphatic heterocycles. The third-order valence-corrected chi connectivity index (χ3v) is 1.71. The highest BCUT2D eigenvalue weighted by Gasteiger charge is 2.17. The molecule has 0 spiro atoms. The first-order valence-electron chi connectivity index (χ1n) is 5.19. The van der Waals surface area contributed by atoms with Crippen LogP contribution in [0.3, 0.4) is 0 Å². The van der Waals surface area contributed by atoms with Gasteiger partial charge in [0.1, 0.15) is 0 Å². The molecule has 1 N–H and O–H groups in total. The molecule has 3 heteroatoms. The molecule has 0 aromatic carbocycles. The second kappa shape index (κ2) is 5.69. The van der Waals surface area contributed by atoms with Crippen LogP contribution in [-0.2, 0) is 9.47 Å². The lowest BCUT2D eigenvalue weighted by atomic mass is 10.1. The van der Waals surface area contributed by atoms with Gasteiger partial charge in [0.15, 0.2) is 0 Å². The van der Waals surface area contributed by atoms with Crippen LogP contribution in [0.15, 0.2) is 0 Å². The number of hydrogen-bond acceptors (Lipinski definition) is 3. The van der Waals surface area contributed by atoms with E-state index in [2.05, 4.69) is 19.2 Å². The van der Waals surface area contributed by atoms with Gasteiger partial charge in [-0.2, -0.15) is 0 Å². The maximum atomic E-state index is 5.68. The minimum atomic E-state index is -0.115. The highest BCUT2D eigenvalue weighted by Crippen LogP contribution is 2.09. The van der Waals surface area contributed by atoms with Crippen molar-refractivity contribution in [2.75, 3.05) is 26.8 Å². The predicted molar refractivity (Wildman–Crippen MR) is 59.7 cm³/mol. The van der Waals surface area contributed by atoms with Gasteiger partial charge in [-0.1, -0.05) is 0 Å². The summed E-state index contributed by atoms with van der Waals surface area (Å²) in [6.45, 7) is 12.4. The zero-order valence-corrected chi connectivity index (χ0v) is 10.4. The third-order valence-electron chi connectivity index (χ3n) is 1.71. The summed E-state index contributed by atoms with van der Waals surface area (Å²) in [4.78, 5) is 0. The fourth-order valence-corrected chi connectivity index (χ4v) is 1.14. The van der Waals surface area contributed by atoms with Gasteiger partial charge < -0.3 is 14.8 Å². The Labute approximate surface area is 88.2 Å². The van der Waals surface area contributed by atoms with Gasteiger partial charge in [-0.25, -0.2) is 0 Å². The molecule has 0 saturated carbocycles. The van der Waals surface area contributed by atoms with Crippen molar-refractivity contribution < 1.29 is 9.47 Å². The van der Waals surface area contributed by atoms with Crippen LogP contribution in [0.25, 0.3) is 0 Å². The van der Waals surface area contributed by atoms with E-state index in [1.807, 2.05) is 27.8 Å². The van der Waals surface area contributed by atoms with Crippen LogP contribution in [0.4, 0.5) is 0 Å². The Morgan fingerprint density at radius 1 is 0.929 bits per heavy atom. The Morgan fingerprint density at radius 3 is 1.86 bits per heavy atom. The molecule has 0 aliphatic rings. The first kappa shape index (κ1) is 13.9. The van der Waals surface area contributed by atoms with Crippen molar-refractivity contribution in [2.45, 2.75) is 45.8 Å². The predicted octanol–water partition coefficient (Wildman–Crippen LogP) is 1.82. The van der Waals surface area contributed by atoms with Crippen molar-refractivity contribution in [3.8, 4) is 0 Å². The molecular formula is C11H25NO2. The second-order valence-electron chi connectivity index (χ2n) is 5.10. The monoisotopic (exact) mass is 203 g/mol. The lowest BCUT2D eigenvalue weighted by Crippen LogP contribution is -2.37. The van der Waals surface area contributed by atoms with E-state index in [1.54, 1.807) is 0 Å². The topological polar surface area (TPSA) is 30.5 Å². The van der Waals surface area contributed by atoms with Crippen LogP contribution in [0, 0.1) is 0 Å². The molecule has 0 aliphatic carbocycles. The molecule has 0 rings (SSSR count).